The number of benzene rings is 3. The van der Waals surface area contributed by atoms with E-state index in [-0.39, 0.29) is 5.75 Å². The lowest BCUT2D eigenvalue weighted by Gasteiger charge is -2.20. The van der Waals surface area contributed by atoms with Crippen molar-refractivity contribution in [1.82, 2.24) is 0 Å². The number of aliphatic hydroxyl groups is 1. The molecule has 0 bridgehead atoms. The van der Waals surface area contributed by atoms with Gasteiger partial charge in [-0.15, -0.1) is 0 Å². The third kappa shape index (κ3) is 5.37. The molecule has 3 rings (SSSR count). The number of nitrogens with one attached hydrogen (secondary N) is 1. The standard InChI is InChI=1S/C24H26N2O4/c1-24(25,16-27)23(29)26-20-11-12-22(21(28)15-20)30-14-13-17-7-9-19(10-8-17)18-5-3-2-4-6-18/h2-12,15,27-28H,13-14,16,25H2,1H3,(H,26,29)/t24-/m0/s1. The van der Waals surface area contributed by atoms with Crippen LogP contribution in [0.5, 0.6) is 11.5 Å². The Labute approximate surface area is 175 Å². The van der Waals surface area contributed by atoms with Crippen LogP contribution in [0.3, 0.4) is 0 Å². The van der Waals surface area contributed by atoms with Crippen LogP contribution in [0.25, 0.3) is 11.1 Å². The molecular formula is C24H26N2O4. The van der Waals surface area contributed by atoms with Crippen molar-refractivity contribution < 1.29 is 19.7 Å². The van der Waals surface area contributed by atoms with E-state index in [1.54, 1.807) is 12.1 Å². The number of phenolic OH excluding ortho intramolecular Hbond substituents is 1. The number of rotatable bonds is 8. The summed E-state index contributed by atoms with van der Waals surface area (Å²) >= 11 is 0. The molecule has 6 nitrogen and oxygen atoms in total. The van der Waals surface area contributed by atoms with E-state index in [0.29, 0.717) is 24.5 Å². The lowest BCUT2D eigenvalue weighted by molar-refractivity contribution is -0.121. The monoisotopic (exact) mass is 406 g/mol. The van der Waals surface area contributed by atoms with Crippen LogP contribution in [-0.4, -0.2) is 34.9 Å². The minimum Gasteiger partial charge on any atom is -0.504 e. The summed E-state index contributed by atoms with van der Waals surface area (Å²) in [6, 6.07) is 23.0. The summed E-state index contributed by atoms with van der Waals surface area (Å²) in [6.45, 7) is 1.33. The highest BCUT2D eigenvalue weighted by Gasteiger charge is 2.27. The summed E-state index contributed by atoms with van der Waals surface area (Å²) in [5.41, 5.74) is 8.11. The van der Waals surface area contributed by atoms with Gasteiger partial charge in [0.2, 0.25) is 5.91 Å². The Bertz CT molecular complexity index is 986. The number of carbonyl (C=O) groups is 1. The summed E-state index contributed by atoms with van der Waals surface area (Å²) in [6.07, 6.45) is 0.690. The first kappa shape index (κ1) is 21.4. The van der Waals surface area contributed by atoms with Crippen molar-refractivity contribution in [1.29, 1.82) is 0 Å². The number of anilines is 1. The van der Waals surface area contributed by atoms with Crippen LogP contribution in [0, 0.1) is 0 Å². The van der Waals surface area contributed by atoms with E-state index in [1.807, 2.05) is 18.2 Å². The van der Waals surface area contributed by atoms with Gasteiger partial charge in [-0.25, -0.2) is 0 Å². The van der Waals surface area contributed by atoms with E-state index >= 15 is 0 Å². The predicted octanol–water partition coefficient (Wildman–Crippen LogP) is 3.33. The Morgan fingerprint density at radius 2 is 1.70 bits per heavy atom. The van der Waals surface area contributed by atoms with Crippen molar-refractivity contribution in [2.75, 3.05) is 18.5 Å². The first-order chi connectivity index (χ1) is 14.4. The quantitative estimate of drug-likeness (QED) is 0.459. The molecule has 0 saturated carbocycles. The second-order valence-electron chi connectivity index (χ2n) is 7.37. The van der Waals surface area contributed by atoms with Gasteiger partial charge in [0, 0.05) is 18.2 Å². The van der Waals surface area contributed by atoms with Crippen LogP contribution >= 0.6 is 0 Å². The second-order valence-corrected chi connectivity index (χ2v) is 7.37. The van der Waals surface area contributed by atoms with Crippen molar-refractivity contribution in [3.8, 4) is 22.6 Å². The molecule has 30 heavy (non-hydrogen) atoms. The van der Waals surface area contributed by atoms with Crippen molar-refractivity contribution in [2.24, 2.45) is 5.73 Å². The van der Waals surface area contributed by atoms with Crippen LogP contribution in [0.1, 0.15) is 12.5 Å². The smallest absolute Gasteiger partial charge is 0.246 e. The first-order valence-corrected chi connectivity index (χ1v) is 9.70. The molecule has 1 atom stereocenters. The van der Waals surface area contributed by atoms with Crippen molar-refractivity contribution >= 4 is 11.6 Å². The molecule has 6 heteroatoms. The van der Waals surface area contributed by atoms with Gasteiger partial charge in [0.05, 0.1) is 13.2 Å². The Morgan fingerprint density at radius 3 is 2.33 bits per heavy atom. The number of amides is 1. The molecular weight excluding hydrogens is 380 g/mol. The largest absolute Gasteiger partial charge is 0.504 e. The van der Waals surface area contributed by atoms with Gasteiger partial charge in [-0.2, -0.15) is 0 Å². The van der Waals surface area contributed by atoms with Crippen LogP contribution in [0.2, 0.25) is 0 Å². The average Bonchev–Trinajstić information content (AvgIpc) is 2.76. The summed E-state index contributed by atoms with van der Waals surface area (Å²) in [4.78, 5) is 12.0. The fourth-order valence-electron chi connectivity index (χ4n) is 2.84. The summed E-state index contributed by atoms with van der Waals surface area (Å²) in [7, 11) is 0. The van der Waals surface area contributed by atoms with Crippen LogP contribution in [-0.2, 0) is 11.2 Å². The number of hydrogen-bond donors (Lipinski definition) is 4. The molecule has 0 saturated heterocycles. The molecule has 156 valence electrons. The zero-order chi connectivity index (χ0) is 21.6. The van der Waals surface area contributed by atoms with Crippen molar-refractivity contribution in [2.45, 2.75) is 18.9 Å². The first-order valence-electron chi connectivity index (χ1n) is 9.70. The summed E-state index contributed by atoms with van der Waals surface area (Å²) in [5, 5.41) is 21.9. The fraction of sp³-hybridized carbons (Fsp3) is 0.208. The predicted molar refractivity (Wildman–Crippen MR) is 117 cm³/mol. The van der Waals surface area contributed by atoms with E-state index in [1.165, 1.54) is 18.6 Å². The van der Waals surface area contributed by atoms with Gasteiger partial charge in [0.25, 0.3) is 0 Å². The van der Waals surface area contributed by atoms with E-state index in [0.717, 1.165) is 11.1 Å². The SMILES string of the molecule is C[C@](N)(CO)C(=O)Nc1ccc(OCCc2ccc(-c3ccccc3)cc2)c(O)c1. The fourth-order valence-corrected chi connectivity index (χ4v) is 2.84. The molecule has 0 radical (unpaired) electrons. The Kier molecular flexibility index (Phi) is 6.72. The maximum atomic E-state index is 12.0. The Morgan fingerprint density at radius 1 is 1.03 bits per heavy atom. The number of aromatic hydroxyl groups is 1. The minimum atomic E-state index is -1.40. The van der Waals surface area contributed by atoms with Crippen LogP contribution < -0.4 is 15.8 Å². The van der Waals surface area contributed by atoms with Crippen LogP contribution in [0.4, 0.5) is 5.69 Å². The van der Waals surface area contributed by atoms with Gasteiger partial charge in [-0.1, -0.05) is 54.6 Å². The lowest BCUT2D eigenvalue weighted by Crippen LogP contribution is -2.51. The topological polar surface area (TPSA) is 105 Å². The molecule has 0 aliphatic heterocycles. The van der Waals surface area contributed by atoms with Gasteiger partial charge in [-0.05, 0) is 35.7 Å². The number of nitrogens with two attached hydrogens (primary N) is 1. The van der Waals surface area contributed by atoms with Gasteiger partial charge in [0.15, 0.2) is 11.5 Å². The average molecular weight is 406 g/mol. The zero-order valence-corrected chi connectivity index (χ0v) is 16.8. The maximum Gasteiger partial charge on any atom is 0.246 e. The summed E-state index contributed by atoms with van der Waals surface area (Å²) < 4.78 is 5.68. The molecule has 3 aromatic carbocycles. The highest BCUT2D eigenvalue weighted by Crippen LogP contribution is 2.29. The highest BCUT2D eigenvalue weighted by atomic mass is 16.5. The second kappa shape index (κ2) is 9.43. The molecule has 0 aromatic heterocycles. The van der Waals surface area contributed by atoms with Crippen molar-refractivity contribution in [3.63, 3.8) is 0 Å². The van der Waals surface area contributed by atoms with E-state index in [2.05, 4.69) is 41.7 Å². The number of aliphatic hydroxyl groups excluding tert-OH is 1. The number of hydrogen-bond acceptors (Lipinski definition) is 5. The van der Waals surface area contributed by atoms with E-state index in [9.17, 15) is 9.90 Å². The van der Waals surface area contributed by atoms with Gasteiger partial charge in [-0.3, -0.25) is 4.79 Å². The molecule has 0 fully saturated rings. The summed E-state index contributed by atoms with van der Waals surface area (Å²) in [5.74, 6) is -0.307. The number of phenols is 1. The van der Waals surface area contributed by atoms with E-state index < -0.39 is 18.1 Å². The lowest BCUT2D eigenvalue weighted by atomic mass is 10.0. The normalized spacial score (nSPS) is 12.8. The molecule has 0 aliphatic rings. The third-order valence-corrected chi connectivity index (χ3v) is 4.77. The molecule has 5 N–H and O–H groups in total. The molecule has 0 heterocycles. The molecule has 3 aromatic rings. The Balaban J connectivity index is 1.54. The molecule has 1 amide bonds. The van der Waals surface area contributed by atoms with Gasteiger partial charge < -0.3 is 26.0 Å². The van der Waals surface area contributed by atoms with Gasteiger partial charge >= 0.3 is 0 Å². The van der Waals surface area contributed by atoms with Crippen molar-refractivity contribution in [3.05, 3.63) is 78.4 Å². The highest BCUT2D eigenvalue weighted by molar-refractivity contribution is 5.98. The third-order valence-electron chi connectivity index (χ3n) is 4.77. The molecule has 0 aliphatic carbocycles. The van der Waals surface area contributed by atoms with E-state index in [4.69, 9.17) is 15.6 Å². The van der Waals surface area contributed by atoms with Gasteiger partial charge in [0.1, 0.15) is 5.54 Å². The maximum absolute atomic E-state index is 12.0. The zero-order valence-electron chi connectivity index (χ0n) is 16.8. The Hall–Kier alpha value is -3.35. The minimum absolute atomic E-state index is 0.0880. The molecule has 0 spiro atoms. The molecule has 0 unspecified atom stereocenters. The number of ether oxygens (including phenoxy) is 1. The van der Waals surface area contributed by atoms with Crippen LogP contribution in [0.15, 0.2) is 72.8 Å². The number of carbonyl (C=O) groups excluding carboxylic acids is 1.